The molecule has 1 amide bonds. The molecule has 1 aromatic heterocycles. The van der Waals surface area contributed by atoms with Gasteiger partial charge >= 0.3 is 0 Å². The van der Waals surface area contributed by atoms with Crippen LogP contribution in [0.1, 0.15) is 13.3 Å². The van der Waals surface area contributed by atoms with Gasteiger partial charge in [-0.1, -0.05) is 29.3 Å². The van der Waals surface area contributed by atoms with Crippen molar-refractivity contribution in [1.82, 2.24) is 4.98 Å². The van der Waals surface area contributed by atoms with Crippen molar-refractivity contribution in [2.24, 2.45) is 0 Å². The van der Waals surface area contributed by atoms with Gasteiger partial charge in [0, 0.05) is 0 Å². The Bertz CT molecular complexity index is 702. The van der Waals surface area contributed by atoms with Gasteiger partial charge in [0.05, 0.1) is 34.0 Å². The maximum absolute atomic E-state index is 11.5. The topological polar surface area (TPSA) is 71.1 Å². The minimum absolute atomic E-state index is 0.155. The quantitative estimate of drug-likeness (QED) is 0.807. The molecule has 0 radical (unpaired) electrons. The highest BCUT2D eigenvalue weighted by Crippen LogP contribution is 2.31. The number of nitrogens with zero attached hydrogens (tertiary/aromatic N) is 1. The number of hydrogen-bond donors (Lipinski definition) is 2. The van der Waals surface area contributed by atoms with Crippen molar-refractivity contribution in [1.29, 1.82) is 0 Å². The molecule has 2 rings (SSSR count). The van der Waals surface area contributed by atoms with Gasteiger partial charge in [-0.25, -0.2) is 4.98 Å². The van der Waals surface area contributed by atoms with E-state index in [1.54, 1.807) is 30.3 Å². The van der Waals surface area contributed by atoms with Gasteiger partial charge in [0.25, 0.3) is 0 Å². The highest BCUT2D eigenvalue weighted by atomic mass is 35.5. The van der Waals surface area contributed by atoms with Gasteiger partial charge in [-0.2, -0.15) is 0 Å². The molecule has 7 heteroatoms. The van der Waals surface area contributed by atoms with Crippen LogP contribution in [0.5, 0.6) is 0 Å². The van der Waals surface area contributed by atoms with E-state index in [0.29, 0.717) is 27.2 Å². The summed E-state index contributed by atoms with van der Waals surface area (Å²) in [6.45, 7) is 1.36. The summed E-state index contributed by atoms with van der Waals surface area (Å²) in [7, 11) is 0. The number of nitrogens with one attached hydrogen (secondary N) is 2. The molecule has 0 atom stereocenters. The highest BCUT2D eigenvalue weighted by molar-refractivity contribution is 6.43. The molecule has 0 fully saturated rings. The number of Topliss-reactive ketones (excluding diaryl/α,β-unsaturated/α-hetero) is 1. The molecule has 0 aliphatic rings. The first-order valence-electron chi connectivity index (χ1n) is 6.42. The predicted octanol–water partition coefficient (Wildman–Crippen LogP) is 4.05. The third-order valence-electron chi connectivity index (χ3n) is 2.67. The minimum atomic E-state index is -0.368. The largest absolute Gasteiger partial charge is 0.339 e. The van der Waals surface area contributed by atoms with Crippen molar-refractivity contribution in [3.8, 4) is 0 Å². The van der Waals surface area contributed by atoms with Crippen molar-refractivity contribution in [2.45, 2.75) is 13.3 Å². The molecule has 1 aromatic carbocycles. The van der Waals surface area contributed by atoms with Gasteiger partial charge in [0.1, 0.15) is 11.6 Å². The molecule has 1 heterocycles. The summed E-state index contributed by atoms with van der Waals surface area (Å²) in [4.78, 5) is 26.5. The summed E-state index contributed by atoms with van der Waals surface area (Å²) in [5.41, 5.74) is 1.14. The number of pyridine rings is 1. The van der Waals surface area contributed by atoms with Crippen LogP contribution >= 0.6 is 23.2 Å². The summed E-state index contributed by atoms with van der Waals surface area (Å²) in [5, 5.41) is 6.47. The molecule has 0 bridgehead atoms. The maximum Gasteiger partial charge on any atom is 0.231 e. The number of halogens is 2. The second-order valence-corrected chi connectivity index (χ2v) is 5.37. The lowest BCUT2D eigenvalue weighted by Gasteiger charge is -2.09. The second kappa shape index (κ2) is 7.24. The Labute approximate surface area is 137 Å². The SMILES string of the molecule is CC(=O)CC(=O)Nc1ccc(Nc2cccc(Cl)c2Cl)nc1. The van der Waals surface area contributed by atoms with Crippen molar-refractivity contribution in [2.75, 3.05) is 10.6 Å². The van der Waals surface area contributed by atoms with E-state index in [1.165, 1.54) is 13.1 Å². The predicted molar refractivity (Wildman–Crippen MR) is 87.9 cm³/mol. The Balaban J connectivity index is 2.04. The number of carbonyl (C=O) groups is 2. The van der Waals surface area contributed by atoms with Crippen LogP contribution in [0.2, 0.25) is 10.0 Å². The third kappa shape index (κ3) is 4.44. The lowest BCUT2D eigenvalue weighted by atomic mass is 10.3. The fourth-order valence-corrected chi connectivity index (χ4v) is 2.06. The number of aromatic nitrogens is 1. The Kier molecular flexibility index (Phi) is 5.35. The molecule has 0 aliphatic heterocycles. The summed E-state index contributed by atoms with van der Waals surface area (Å²) < 4.78 is 0. The normalized spacial score (nSPS) is 10.1. The van der Waals surface area contributed by atoms with Crippen molar-refractivity contribution in [3.63, 3.8) is 0 Å². The van der Waals surface area contributed by atoms with Crippen LogP contribution in [0.15, 0.2) is 36.5 Å². The van der Waals surface area contributed by atoms with E-state index in [4.69, 9.17) is 23.2 Å². The maximum atomic E-state index is 11.5. The van der Waals surface area contributed by atoms with E-state index in [2.05, 4.69) is 15.6 Å². The number of hydrogen-bond acceptors (Lipinski definition) is 4. The molecular weight excluding hydrogens is 325 g/mol. The molecule has 22 heavy (non-hydrogen) atoms. The Morgan fingerprint density at radius 2 is 1.95 bits per heavy atom. The van der Waals surface area contributed by atoms with Crippen molar-refractivity contribution < 1.29 is 9.59 Å². The number of amides is 1. The van der Waals surface area contributed by atoms with E-state index in [9.17, 15) is 9.59 Å². The summed E-state index contributed by atoms with van der Waals surface area (Å²) in [6, 6.07) is 8.59. The van der Waals surface area contributed by atoms with Gasteiger partial charge in [-0.15, -0.1) is 0 Å². The fourth-order valence-electron chi connectivity index (χ4n) is 1.71. The zero-order chi connectivity index (χ0) is 16.1. The monoisotopic (exact) mass is 337 g/mol. The van der Waals surface area contributed by atoms with Crippen LogP contribution in [-0.2, 0) is 9.59 Å². The fraction of sp³-hybridized carbons (Fsp3) is 0.133. The summed E-state index contributed by atoms with van der Waals surface area (Å²) >= 11 is 12.0. The highest BCUT2D eigenvalue weighted by Gasteiger charge is 2.07. The van der Waals surface area contributed by atoms with Gasteiger partial charge in [0.15, 0.2) is 0 Å². The first kappa shape index (κ1) is 16.3. The van der Waals surface area contributed by atoms with Crippen LogP contribution in [0.4, 0.5) is 17.2 Å². The van der Waals surface area contributed by atoms with Gasteiger partial charge < -0.3 is 10.6 Å². The molecule has 5 nitrogen and oxygen atoms in total. The third-order valence-corrected chi connectivity index (χ3v) is 3.49. The number of benzene rings is 1. The van der Waals surface area contributed by atoms with Gasteiger partial charge in [-0.3, -0.25) is 9.59 Å². The number of ketones is 1. The van der Waals surface area contributed by atoms with E-state index in [0.717, 1.165) is 0 Å². The molecule has 0 spiro atoms. The van der Waals surface area contributed by atoms with Crippen LogP contribution in [0.25, 0.3) is 0 Å². The molecule has 0 aliphatic carbocycles. The standard InChI is InChI=1S/C15H13Cl2N3O2/c1-9(21)7-14(22)19-10-5-6-13(18-8-10)20-12-4-2-3-11(16)15(12)17/h2-6,8H,7H2,1H3,(H,18,20)(H,19,22). The Morgan fingerprint density at radius 3 is 2.59 bits per heavy atom. The Morgan fingerprint density at radius 1 is 1.18 bits per heavy atom. The summed E-state index contributed by atoms with van der Waals surface area (Å²) in [5.74, 6) is -0.0130. The van der Waals surface area contributed by atoms with Crippen LogP contribution in [0, 0.1) is 0 Å². The molecule has 0 saturated heterocycles. The molecule has 2 aromatic rings. The zero-order valence-corrected chi connectivity index (χ0v) is 13.2. The van der Waals surface area contributed by atoms with Gasteiger partial charge in [-0.05, 0) is 31.2 Å². The minimum Gasteiger partial charge on any atom is -0.339 e. The second-order valence-electron chi connectivity index (χ2n) is 4.59. The van der Waals surface area contributed by atoms with Gasteiger partial charge in [0.2, 0.25) is 5.91 Å². The first-order chi connectivity index (χ1) is 10.5. The smallest absolute Gasteiger partial charge is 0.231 e. The molecular formula is C15H13Cl2N3O2. The lowest BCUT2D eigenvalue weighted by Crippen LogP contribution is -2.14. The average Bonchev–Trinajstić information content (AvgIpc) is 2.45. The first-order valence-corrected chi connectivity index (χ1v) is 7.17. The van der Waals surface area contributed by atoms with Crippen LogP contribution in [-0.4, -0.2) is 16.7 Å². The summed E-state index contributed by atoms with van der Waals surface area (Å²) in [6.07, 6.45) is 1.33. The van der Waals surface area contributed by atoms with E-state index in [1.807, 2.05) is 0 Å². The molecule has 2 N–H and O–H groups in total. The van der Waals surface area contributed by atoms with E-state index in [-0.39, 0.29) is 18.1 Å². The van der Waals surface area contributed by atoms with E-state index < -0.39 is 0 Å². The average molecular weight is 338 g/mol. The Hall–Kier alpha value is -2.11. The van der Waals surface area contributed by atoms with E-state index >= 15 is 0 Å². The van der Waals surface area contributed by atoms with Crippen LogP contribution < -0.4 is 10.6 Å². The number of anilines is 3. The molecule has 114 valence electrons. The molecule has 0 unspecified atom stereocenters. The molecule has 0 saturated carbocycles. The zero-order valence-electron chi connectivity index (χ0n) is 11.7. The van der Waals surface area contributed by atoms with Crippen molar-refractivity contribution >= 4 is 52.1 Å². The number of rotatable bonds is 5. The number of carbonyl (C=O) groups excluding carboxylic acids is 2. The lowest BCUT2D eigenvalue weighted by molar-refractivity contribution is -0.124. The van der Waals surface area contributed by atoms with Crippen LogP contribution in [0.3, 0.4) is 0 Å². The van der Waals surface area contributed by atoms with Crippen molar-refractivity contribution in [3.05, 3.63) is 46.6 Å².